The van der Waals surface area contributed by atoms with Gasteiger partial charge in [0.2, 0.25) is 0 Å². The van der Waals surface area contributed by atoms with Crippen molar-refractivity contribution in [3.05, 3.63) is 64.8 Å². The maximum absolute atomic E-state index is 12.6. The Morgan fingerprint density at radius 2 is 1.96 bits per heavy atom. The van der Waals surface area contributed by atoms with Gasteiger partial charge in [0.15, 0.2) is 0 Å². The Kier molecular flexibility index (Phi) is 4.95. The summed E-state index contributed by atoms with van der Waals surface area (Å²) in [5.41, 5.74) is 2.40. The molecular weight excluding hydrogens is 338 g/mol. The summed E-state index contributed by atoms with van der Waals surface area (Å²) in [5, 5.41) is 9.27. The van der Waals surface area contributed by atoms with Gasteiger partial charge in [-0.1, -0.05) is 18.2 Å². The van der Waals surface area contributed by atoms with Crippen LogP contribution in [0.15, 0.2) is 48.0 Å². The number of anilines is 1. The van der Waals surface area contributed by atoms with Gasteiger partial charge in [0, 0.05) is 0 Å². The monoisotopic (exact) mass is 355 g/mol. The van der Waals surface area contributed by atoms with Crippen molar-refractivity contribution in [2.24, 2.45) is 0 Å². The van der Waals surface area contributed by atoms with Crippen molar-refractivity contribution in [3.63, 3.8) is 0 Å². The Bertz CT molecular complexity index is 899. The molecular formula is C18H17N3O3S. The van der Waals surface area contributed by atoms with E-state index in [2.05, 4.69) is 10.4 Å². The van der Waals surface area contributed by atoms with Gasteiger partial charge in [0.25, 0.3) is 5.91 Å². The fourth-order valence-corrected chi connectivity index (χ4v) is 3.18. The normalized spacial score (nSPS) is 10.5. The van der Waals surface area contributed by atoms with Crippen molar-refractivity contribution >= 4 is 28.2 Å². The third kappa shape index (κ3) is 3.46. The first-order valence-electron chi connectivity index (χ1n) is 7.77. The van der Waals surface area contributed by atoms with Crippen molar-refractivity contribution in [3.8, 4) is 5.69 Å². The van der Waals surface area contributed by atoms with Crippen LogP contribution in [0, 0.1) is 6.92 Å². The highest BCUT2D eigenvalue weighted by Gasteiger charge is 2.19. The SMILES string of the molecule is CCOC(=O)c1ccsc1NC(=O)c1cnn(-c2ccccc2)c1C. The van der Waals surface area contributed by atoms with Crippen LogP contribution in [-0.4, -0.2) is 28.3 Å². The van der Waals surface area contributed by atoms with E-state index < -0.39 is 5.97 Å². The molecule has 6 nitrogen and oxygen atoms in total. The molecule has 0 fully saturated rings. The predicted octanol–water partition coefficient (Wildman–Crippen LogP) is 3.67. The van der Waals surface area contributed by atoms with Crippen LogP contribution in [0.25, 0.3) is 5.69 Å². The molecule has 25 heavy (non-hydrogen) atoms. The minimum absolute atomic E-state index is 0.283. The lowest BCUT2D eigenvalue weighted by molar-refractivity contribution is 0.0528. The summed E-state index contributed by atoms with van der Waals surface area (Å²) in [4.78, 5) is 24.5. The summed E-state index contributed by atoms with van der Waals surface area (Å²) in [6.07, 6.45) is 1.52. The molecule has 1 amide bonds. The number of esters is 1. The molecule has 0 saturated heterocycles. The summed E-state index contributed by atoms with van der Waals surface area (Å²) < 4.78 is 6.70. The lowest BCUT2D eigenvalue weighted by atomic mass is 10.2. The third-order valence-corrected chi connectivity index (χ3v) is 4.47. The Morgan fingerprint density at radius 1 is 1.20 bits per heavy atom. The fourth-order valence-electron chi connectivity index (χ4n) is 2.41. The lowest BCUT2D eigenvalue weighted by Crippen LogP contribution is -2.15. The molecule has 0 radical (unpaired) electrons. The van der Waals surface area contributed by atoms with Crippen LogP contribution >= 0.6 is 11.3 Å². The number of aromatic nitrogens is 2. The Balaban J connectivity index is 1.83. The van der Waals surface area contributed by atoms with Gasteiger partial charge < -0.3 is 10.1 Å². The summed E-state index contributed by atoms with van der Waals surface area (Å²) in [7, 11) is 0. The number of para-hydroxylation sites is 1. The number of carbonyl (C=O) groups is 2. The molecule has 2 aromatic heterocycles. The number of thiophene rings is 1. The first kappa shape index (κ1) is 16.9. The average Bonchev–Trinajstić information content (AvgIpc) is 3.22. The first-order chi connectivity index (χ1) is 12.1. The van der Waals surface area contributed by atoms with Gasteiger partial charge in [-0.3, -0.25) is 4.79 Å². The maximum Gasteiger partial charge on any atom is 0.341 e. The number of carbonyl (C=O) groups excluding carboxylic acids is 2. The number of nitrogens with zero attached hydrogens (tertiary/aromatic N) is 2. The molecule has 1 aromatic carbocycles. The summed E-state index contributed by atoms with van der Waals surface area (Å²) in [6.45, 7) is 3.85. The predicted molar refractivity (Wildman–Crippen MR) is 96.5 cm³/mol. The van der Waals surface area contributed by atoms with E-state index in [-0.39, 0.29) is 12.5 Å². The van der Waals surface area contributed by atoms with E-state index in [0.717, 1.165) is 11.4 Å². The second-order valence-corrected chi connectivity index (χ2v) is 6.15. The first-order valence-corrected chi connectivity index (χ1v) is 8.65. The molecule has 7 heteroatoms. The minimum Gasteiger partial charge on any atom is -0.462 e. The molecule has 0 spiro atoms. The zero-order valence-corrected chi connectivity index (χ0v) is 14.7. The van der Waals surface area contributed by atoms with E-state index in [9.17, 15) is 9.59 Å². The standard InChI is InChI=1S/C18H17N3O3S/c1-3-24-18(23)14-9-10-25-17(14)20-16(22)15-11-19-21(12(15)2)13-7-5-4-6-8-13/h4-11H,3H2,1-2H3,(H,20,22). The molecule has 128 valence electrons. The van der Waals surface area contributed by atoms with Gasteiger partial charge >= 0.3 is 5.97 Å². The molecule has 0 aliphatic heterocycles. The minimum atomic E-state index is -0.448. The number of ether oxygens (including phenoxy) is 1. The zero-order valence-electron chi connectivity index (χ0n) is 13.9. The molecule has 2 heterocycles. The van der Waals surface area contributed by atoms with Gasteiger partial charge in [0.05, 0.1) is 35.3 Å². The van der Waals surface area contributed by atoms with Crippen LogP contribution in [0.4, 0.5) is 5.00 Å². The molecule has 1 N–H and O–H groups in total. The van der Waals surface area contributed by atoms with Crippen molar-refractivity contribution < 1.29 is 14.3 Å². The maximum atomic E-state index is 12.6. The average molecular weight is 355 g/mol. The van der Waals surface area contributed by atoms with E-state index in [1.807, 2.05) is 37.3 Å². The van der Waals surface area contributed by atoms with E-state index in [1.54, 1.807) is 23.1 Å². The number of amides is 1. The third-order valence-electron chi connectivity index (χ3n) is 3.64. The molecule has 0 saturated carbocycles. The summed E-state index contributed by atoms with van der Waals surface area (Å²) >= 11 is 1.28. The quantitative estimate of drug-likeness (QED) is 0.709. The highest BCUT2D eigenvalue weighted by Crippen LogP contribution is 2.25. The number of hydrogen-bond acceptors (Lipinski definition) is 5. The van der Waals surface area contributed by atoms with E-state index in [0.29, 0.717) is 16.1 Å². The van der Waals surface area contributed by atoms with Crippen molar-refractivity contribution in [2.75, 3.05) is 11.9 Å². The van der Waals surface area contributed by atoms with Crippen molar-refractivity contribution in [1.82, 2.24) is 9.78 Å². The summed E-state index contributed by atoms with van der Waals surface area (Å²) in [6, 6.07) is 11.2. The van der Waals surface area contributed by atoms with Crippen molar-refractivity contribution in [1.29, 1.82) is 0 Å². The second kappa shape index (κ2) is 7.31. The highest BCUT2D eigenvalue weighted by atomic mass is 32.1. The van der Waals surface area contributed by atoms with Crippen molar-refractivity contribution in [2.45, 2.75) is 13.8 Å². The van der Waals surface area contributed by atoms with Crippen LogP contribution in [0.5, 0.6) is 0 Å². The largest absolute Gasteiger partial charge is 0.462 e. The lowest BCUT2D eigenvalue weighted by Gasteiger charge is -2.07. The highest BCUT2D eigenvalue weighted by molar-refractivity contribution is 7.14. The Labute approximate surface area is 149 Å². The van der Waals surface area contributed by atoms with E-state index in [1.165, 1.54) is 17.5 Å². The molecule has 3 rings (SSSR count). The molecule has 0 aliphatic carbocycles. The second-order valence-electron chi connectivity index (χ2n) is 5.23. The zero-order chi connectivity index (χ0) is 17.8. The van der Waals surface area contributed by atoms with Crippen LogP contribution < -0.4 is 5.32 Å². The number of rotatable bonds is 5. The molecule has 0 bridgehead atoms. The molecule has 0 aliphatic rings. The molecule has 0 unspecified atom stereocenters. The number of nitrogens with one attached hydrogen (secondary N) is 1. The van der Waals surface area contributed by atoms with Crippen LogP contribution in [0.3, 0.4) is 0 Å². The van der Waals surface area contributed by atoms with Crippen LogP contribution in [-0.2, 0) is 4.74 Å². The van der Waals surface area contributed by atoms with Gasteiger partial charge in [-0.05, 0) is 37.4 Å². The van der Waals surface area contributed by atoms with Gasteiger partial charge in [-0.25, -0.2) is 9.48 Å². The molecule has 0 atom stereocenters. The van der Waals surface area contributed by atoms with E-state index in [4.69, 9.17) is 4.74 Å². The fraction of sp³-hybridized carbons (Fsp3) is 0.167. The number of hydrogen-bond donors (Lipinski definition) is 1. The summed E-state index contributed by atoms with van der Waals surface area (Å²) in [5.74, 6) is -0.761. The van der Waals surface area contributed by atoms with Crippen LogP contribution in [0.1, 0.15) is 33.3 Å². The molecule has 3 aromatic rings. The Hall–Kier alpha value is -2.93. The Morgan fingerprint density at radius 3 is 2.68 bits per heavy atom. The van der Waals surface area contributed by atoms with Gasteiger partial charge in [-0.15, -0.1) is 11.3 Å². The van der Waals surface area contributed by atoms with Crippen LogP contribution in [0.2, 0.25) is 0 Å². The smallest absolute Gasteiger partial charge is 0.341 e. The van der Waals surface area contributed by atoms with E-state index >= 15 is 0 Å². The van der Waals surface area contributed by atoms with Gasteiger partial charge in [-0.2, -0.15) is 5.10 Å². The topological polar surface area (TPSA) is 73.2 Å². The van der Waals surface area contributed by atoms with Gasteiger partial charge in [0.1, 0.15) is 5.00 Å². The number of benzene rings is 1.